The maximum Gasteiger partial charge on any atom is 0.237 e. The van der Waals surface area contributed by atoms with Crippen molar-refractivity contribution in [2.24, 2.45) is 5.92 Å². The fourth-order valence-electron chi connectivity index (χ4n) is 3.27. The topological polar surface area (TPSA) is 75.9 Å². The smallest absolute Gasteiger partial charge is 0.237 e. The van der Waals surface area contributed by atoms with Gasteiger partial charge in [-0.2, -0.15) is 0 Å². The molecule has 1 saturated heterocycles. The molecule has 150 valence electrons. The van der Waals surface area contributed by atoms with Gasteiger partial charge >= 0.3 is 0 Å². The highest BCUT2D eigenvalue weighted by molar-refractivity contribution is 5.82. The van der Waals surface area contributed by atoms with Crippen LogP contribution in [0.2, 0.25) is 0 Å². The molecule has 2 rings (SSSR count). The van der Waals surface area contributed by atoms with Crippen LogP contribution in [0.5, 0.6) is 0 Å². The normalized spacial score (nSPS) is 20.9. The van der Waals surface area contributed by atoms with Crippen molar-refractivity contribution < 1.29 is 4.79 Å². The molecule has 27 heavy (non-hydrogen) atoms. The highest BCUT2D eigenvalue weighted by Crippen LogP contribution is 2.27. The number of hydrogen-bond acceptors (Lipinski definition) is 5. The molecule has 0 spiro atoms. The molecule has 0 bridgehead atoms. The number of hydrogen-bond donors (Lipinski definition) is 1. The van der Waals surface area contributed by atoms with E-state index in [4.69, 9.17) is 0 Å². The van der Waals surface area contributed by atoms with Crippen molar-refractivity contribution in [1.82, 2.24) is 30.4 Å². The van der Waals surface area contributed by atoms with Crippen molar-refractivity contribution in [3.05, 3.63) is 29.6 Å². The lowest BCUT2D eigenvalue weighted by Gasteiger charge is -2.22. The van der Waals surface area contributed by atoms with Gasteiger partial charge < -0.3 is 5.32 Å². The SMILES string of the molecule is CC(C)=CCC/C(C)=C/CN1C[C@H](n2cnnn2)C[C@H]1C(=O)NCC(C)C. The van der Waals surface area contributed by atoms with E-state index in [1.54, 1.807) is 11.0 Å². The van der Waals surface area contributed by atoms with Crippen LogP contribution in [-0.4, -0.2) is 56.7 Å². The summed E-state index contributed by atoms with van der Waals surface area (Å²) in [7, 11) is 0. The van der Waals surface area contributed by atoms with Crippen molar-refractivity contribution in [2.75, 3.05) is 19.6 Å². The van der Waals surface area contributed by atoms with Crippen molar-refractivity contribution in [3.63, 3.8) is 0 Å². The molecule has 0 aromatic carbocycles. The van der Waals surface area contributed by atoms with E-state index in [9.17, 15) is 4.79 Å². The molecule has 7 heteroatoms. The number of tetrazole rings is 1. The zero-order chi connectivity index (χ0) is 19.8. The standard InChI is InChI=1S/C20H34N6O/c1-15(2)7-6-8-17(5)9-10-25-13-18(26-14-22-23-24-26)11-19(25)20(27)21-12-16(3)4/h7,9,14,16,18-19H,6,8,10-13H2,1-5H3,(H,21,27)/b17-9+/t18-,19+/m1/s1. The molecule has 0 saturated carbocycles. The van der Waals surface area contributed by atoms with Gasteiger partial charge in [0.05, 0.1) is 12.1 Å². The van der Waals surface area contributed by atoms with E-state index in [1.807, 2.05) is 0 Å². The van der Waals surface area contributed by atoms with Crippen molar-refractivity contribution in [2.45, 2.75) is 66.0 Å². The summed E-state index contributed by atoms with van der Waals surface area (Å²) in [6.07, 6.45) is 9.01. The third kappa shape index (κ3) is 6.90. The summed E-state index contributed by atoms with van der Waals surface area (Å²) >= 11 is 0. The number of nitrogens with zero attached hydrogens (tertiary/aromatic N) is 5. The van der Waals surface area contributed by atoms with E-state index in [0.29, 0.717) is 12.5 Å². The second-order valence-corrected chi connectivity index (χ2v) is 8.16. The van der Waals surface area contributed by atoms with Crippen LogP contribution in [-0.2, 0) is 4.79 Å². The van der Waals surface area contributed by atoms with Gasteiger partial charge in [-0.3, -0.25) is 9.69 Å². The summed E-state index contributed by atoms with van der Waals surface area (Å²) in [4.78, 5) is 15.0. The van der Waals surface area contributed by atoms with Crippen LogP contribution in [0.1, 0.15) is 59.9 Å². The van der Waals surface area contributed by atoms with Gasteiger partial charge in [0.1, 0.15) is 6.33 Å². The molecule has 0 radical (unpaired) electrons. The van der Waals surface area contributed by atoms with Gasteiger partial charge in [0.15, 0.2) is 0 Å². The van der Waals surface area contributed by atoms with Gasteiger partial charge in [-0.15, -0.1) is 5.10 Å². The Kier molecular flexibility index (Phi) is 8.16. The average molecular weight is 375 g/mol. The van der Waals surface area contributed by atoms with Gasteiger partial charge in [-0.05, 0) is 56.4 Å². The van der Waals surface area contributed by atoms with E-state index in [-0.39, 0.29) is 18.0 Å². The molecule has 7 nitrogen and oxygen atoms in total. The molecular weight excluding hydrogens is 340 g/mol. The Morgan fingerprint density at radius 1 is 1.30 bits per heavy atom. The zero-order valence-corrected chi connectivity index (χ0v) is 17.4. The molecule has 1 amide bonds. The molecular formula is C20H34N6O. The lowest BCUT2D eigenvalue weighted by Crippen LogP contribution is -2.44. The summed E-state index contributed by atoms with van der Waals surface area (Å²) < 4.78 is 1.77. The fourth-order valence-corrected chi connectivity index (χ4v) is 3.27. The van der Waals surface area contributed by atoms with Crippen LogP contribution in [0, 0.1) is 5.92 Å². The Morgan fingerprint density at radius 2 is 2.07 bits per heavy atom. The third-order valence-corrected chi connectivity index (χ3v) is 4.87. The fraction of sp³-hybridized carbons (Fsp3) is 0.700. The van der Waals surface area contributed by atoms with Gasteiger partial charge in [0, 0.05) is 19.6 Å². The van der Waals surface area contributed by atoms with Crippen LogP contribution in [0.15, 0.2) is 29.6 Å². The van der Waals surface area contributed by atoms with Crippen molar-refractivity contribution in [3.8, 4) is 0 Å². The number of carbonyl (C=O) groups is 1. The van der Waals surface area contributed by atoms with Crippen LogP contribution in [0.3, 0.4) is 0 Å². The second-order valence-electron chi connectivity index (χ2n) is 8.16. The Labute approximate surface area is 162 Å². The van der Waals surface area contributed by atoms with Crippen molar-refractivity contribution >= 4 is 5.91 Å². The maximum atomic E-state index is 12.7. The number of rotatable bonds is 9. The van der Waals surface area contributed by atoms with E-state index in [1.165, 1.54) is 11.1 Å². The van der Waals surface area contributed by atoms with Crippen LogP contribution >= 0.6 is 0 Å². The molecule has 2 atom stereocenters. The van der Waals surface area contributed by atoms with E-state index in [0.717, 1.165) is 32.4 Å². The number of allylic oxidation sites excluding steroid dienone is 3. The van der Waals surface area contributed by atoms with Crippen LogP contribution in [0.4, 0.5) is 0 Å². The van der Waals surface area contributed by atoms with Gasteiger partial charge in [0.25, 0.3) is 0 Å². The molecule has 1 aliphatic heterocycles. The predicted octanol–water partition coefficient (Wildman–Crippen LogP) is 2.75. The zero-order valence-electron chi connectivity index (χ0n) is 17.4. The first-order valence-electron chi connectivity index (χ1n) is 9.90. The largest absolute Gasteiger partial charge is 0.354 e. The molecule has 1 aliphatic rings. The Morgan fingerprint density at radius 3 is 2.70 bits per heavy atom. The number of aromatic nitrogens is 4. The minimum Gasteiger partial charge on any atom is -0.354 e. The summed E-state index contributed by atoms with van der Waals surface area (Å²) in [6, 6.07) is -0.00559. The van der Waals surface area contributed by atoms with Crippen LogP contribution in [0.25, 0.3) is 0 Å². The van der Waals surface area contributed by atoms with Gasteiger partial charge in [0.2, 0.25) is 5.91 Å². The molecule has 1 aromatic heterocycles. The van der Waals surface area contributed by atoms with E-state index in [2.05, 4.69) is 72.5 Å². The van der Waals surface area contributed by atoms with Gasteiger partial charge in [-0.25, -0.2) is 4.68 Å². The first-order chi connectivity index (χ1) is 12.9. The summed E-state index contributed by atoms with van der Waals surface area (Å²) in [5.41, 5.74) is 2.72. The molecule has 2 heterocycles. The highest BCUT2D eigenvalue weighted by atomic mass is 16.2. The predicted molar refractivity (Wildman–Crippen MR) is 107 cm³/mol. The van der Waals surface area contributed by atoms with E-state index < -0.39 is 0 Å². The lowest BCUT2D eigenvalue weighted by molar-refractivity contribution is -0.125. The molecule has 1 aromatic rings. The maximum absolute atomic E-state index is 12.7. The Balaban J connectivity index is 2.00. The van der Waals surface area contributed by atoms with E-state index >= 15 is 0 Å². The molecule has 0 unspecified atom stereocenters. The lowest BCUT2D eigenvalue weighted by atomic mass is 10.1. The monoisotopic (exact) mass is 374 g/mol. The average Bonchev–Trinajstić information content (AvgIpc) is 3.26. The molecule has 0 aliphatic carbocycles. The number of likely N-dealkylation sites (tertiary alicyclic amines) is 1. The second kappa shape index (κ2) is 10.3. The van der Waals surface area contributed by atoms with Crippen LogP contribution < -0.4 is 5.32 Å². The molecule has 1 fully saturated rings. The first-order valence-corrected chi connectivity index (χ1v) is 9.90. The van der Waals surface area contributed by atoms with Gasteiger partial charge in [-0.1, -0.05) is 37.1 Å². The Bertz CT molecular complexity index is 645. The van der Waals surface area contributed by atoms with Crippen molar-refractivity contribution in [1.29, 1.82) is 0 Å². The minimum atomic E-state index is -0.139. The quantitative estimate of drug-likeness (QED) is 0.673. The number of carbonyl (C=O) groups excluding carboxylic acids is 1. The summed E-state index contributed by atoms with van der Waals surface area (Å²) in [6.45, 7) is 12.9. The third-order valence-electron chi connectivity index (χ3n) is 4.87. The number of nitrogens with one attached hydrogen (secondary N) is 1. The number of amides is 1. The first kappa shape index (κ1) is 21.3. The summed E-state index contributed by atoms with van der Waals surface area (Å²) in [5, 5.41) is 14.6. The Hall–Kier alpha value is -2.02. The minimum absolute atomic E-state index is 0.106. The summed E-state index contributed by atoms with van der Waals surface area (Å²) in [5.74, 6) is 0.547. The molecule has 1 N–H and O–H groups in total. The highest BCUT2D eigenvalue weighted by Gasteiger charge is 2.37.